The molecule has 2 aliphatic rings. The molecule has 2 aromatic carbocycles. The van der Waals surface area contributed by atoms with E-state index in [-0.39, 0.29) is 36.1 Å². The molecule has 25 heavy (non-hydrogen) atoms. The second-order valence-electron chi connectivity index (χ2n) is 6.54. The van der Waals surface area contributed by atoms with Crippen molar-refractivity contribution in [2.75, 3.05) is 18.5 Å². The molecule has 1 fully saturated rings. The lowest BCUT2D eigenvalue weighted by Gasteiger charge is -2.39. The average molecular weight is 405 g/mol. The predicted octanol–water partition coefficient (Wildman–Crippen LogP) is 3.58. The van der Waals surface area contributed by atoms with Crippen molar-refractivity contribution in [1.29, 1.82) is 0 Å². The molecule has 4 nitrogen and oxygen atoms in total. The first kappa shape index (κ1) is 16.5. The minimum atomic E-state index is -0.502. The van der Waals surface area contributed by atoms with E-state index in [1.165, 1.54) is 12.1 Å². The second kappa shape index (κ2) is 6.42. The van der Waals surface area contributed by atoms with Gasteiger partial charge < -0.3 is 15.3 Å². The fourth-order valence-electron chi connectivity index (χ4n) is 4.05. The number of hydrogen-bond acceptors (Lipinski definition) is 3. The summed E-state index contributed by atoms with van der Waals surface area (Å²) in [4.78, 5) is 14.8. The van der Waals surface area contributed by atoms with Gasteiger partial charge >= 0.3 is 0 Å². The number of rotatable bonds is 2. The van der Waals surface area contributed by atoms with Crippen LogP contribution in [0.2, 0.25) is 0 Å². The van der Waals surface area contributed by atoms with Crippen molar-refractivity contribution in [2.24, 2.45) is 5.92 Å². The number of nitrogens with one attached hydrogen (secondary N) is 1. The van der Waals surface area contributed by atoms with Gasteiger partial charge in [0.05, 0.1) is 24.3 Å². The molecule has 2 aromatic rings. The molecule has 0 spiro atoms. The molecule has 4 rings (SSSR count). The Morgan fingerprint density at radius 3 is 2.88 bits per heavy atom. The van der Waals surface area contributed by atoms with Crippen LogP contribution in [0.4, 0.5) is 10.1 Å². The van der Waals surface area contributed by atoms with Crippen LogP contribution in [0, 0.1) is 11.7 Å². The number of amides is 1. The Balaban J connectivity index is 1.77. The number of hydrogen-bond donors (Lipinski definition) is 2. The molecule has 0 saturated carbocycles. The number of aliphatic hydroxyl groups excluding tert-OH is 1. The van der Waals surface area contributed by atoms with Crippen LogP contribution in [0.5, 0.6) is 0 Å². The summed E-state index contributed by atoms with van der Waals surface area (Å²) in [6, 6.07) is 11.7. The monoisotopic (exact) mass is 404 g/mol. The predicted molar refractivity (Wildman–Crippen MR) is 96.9 cm³/mol. The Morgan fingerprint density at radius 1 is 1.32 bits per heavy atom. The number of benzene rings is 2. The second-order valence-corrected chi connectivity index (χ2v) is 7.46. The summed E-state index contributed by atoms with van der Waals surface area (Å²) in [6.07, 6.45) is 0.773. The van der Waals surface area contributed by atoms with Crippen molar-refractivity contribution in [3.05, 3.63) is 63.9 Å². The molecule has 3 atom stereocenters. The first-order valence-electron chi connectivity index (χ1n) is 8.32. The maximum atomic E-state index is 14.1. The number of likely N-dealkylation sites (tertiary alicyclic amines) is 1. The van der Waals surface area contributed by atoms with E-state index in [0.29, 0.717) is 6.54 Å². The van der Waals surface area contributed by atoms with Gasteiger partial charge in [0.1, 0.15) is 5.82 Å². The summed E-state index contributed by atoms with van der Waals surface area (Å²) in [7, 11) is 0. The van der Waals surface area contributed by atoms with Gasteiger partial charge in [0.25, 0.3) is 5.91 Å². The molecule has 0 aromatic heterocycles. The molecular formula is C19H18BrFN2O2. The number of fused-ring (bicyclic) bond motifs is 3. The van der Waals surface area contributed by atoms with Crippen molar-refractivity contribution in [3.8, 4) is 0 Å². The van der Waals surface area contributed by atoms with E-state index in [2.05, 4.69) is 21.2 Å². The standard InChI is InChI=1S/C19H18BrFN2O2/c20-11-5-6-16-14(9-11)18-13(17(10-24)22-16)7-8-23(18)19(25)12-3-1-2-4-15(12)21/h1-6,9,13,17-18,22,24H,7-8,10H2/t13-,17-,18-/m0/s1. The summed E-state index contributed by atoms with van der Waals surface area (Å²) in [5.74, 6) is -0.698. The summed E-state index contributed by atoms with van der Waals surface area (Å²) < 4.78 is 15.0. The third-order valence-corrected chi connectivity index (χ3v) is 5.69. The van der Waals surface area contributed by atoms with Crippen molar-refractivity contribution in [3.63, 3.8) is 0 Å². The molecule has 0 unspecified atom stereocenters. The van der Waals surface area contributed by atoms with E-state index < -0.39 is 5.82 Å². The number of carbonyl (C=O) groups excluding carboxylic acids is 1. The highest BCUT2D eigenvalue weighted by Gasteiger charge is 2.46. The van der Waals surface area contributed by atoms with Gasteiger partial charge in [-0.25, -0.2) is 4.39 Å². The van der Waals surface area contributed by atoms with E-state index in [0.717, 1.165) is 22.1 Å². The first-order valence-corrected chi connectivity index (χ1v) is 9.12. The van der Waals surface area contributed by atoms with Gasteiger partial charge in [-0.3, -0.25) is 4.79 Å². The Labute approximate surface area is 153 Å². The SMILES string of the molecule is O=C(c1ccccc1F)N1CC[C@H]2[C@H](CO)Nc3ccc(Br)cc3[C@H]21. The van der Waals surface area contributed by atoms with E-state index in [9.17, 15) is 14.3 Å². The lowest BCUT2D eigenvalue weighted by Crippen LogP contribution is -2.43. The minimum Gasteiger partial charge on any atom is -0.394 e. The quantitative estimate of drug-likeness (QED) is 0.803. The Kier molecular flexibility index (Phi) is 4.25. The highest BCUT2D eigenvalue weighted by atomic mass is 79.9. The van der Waals surface area contributed by atoms with Crippen LogP contribution in [0.1, 0.15) is 28.4 Å². The van der Waals surface area contributed by atoms with Crippen molar-refractivity contribution < 1.29 is 14.3 Å². The van der Waals surface area contributed by atoms with Gasteiger partial charge in [0, 0.05) is 22.6 Å². The fourth-order valence-corrected chi connectivity index (χ4v) is 4.43. The van der Waals surface area contributed by atoms with Crippen LogP contribution in [0.15, 0.2) is 46.9 Å². The van der Waals surface area contributed by atoms with Crippen molar-refractivity contribution in [1.82, 2.24) is 4.90 Å². The summed E-state index contributed by atoms with van der Waals surface area (Å²) >= 11 is 3.49. The van der Waals surface area contributed by atoms with Crippen LogP contribution < -0.4 is 5.32 Å². The lowest BCUT2D eigenvalue weighted by atomic mass is 9.83. The Bertz CT molecular complexity index is 829. The summed E-state index contributed by atoms with van der Waals surface area (Å²) in [6.45, 7) is 0.547. The molecule has 0 aliphatic carbocycles. The van der Waals surface area contributed by atoms with Crippen molar-refractivity contribution >= 4 is 27.5 Å². The lowest BCUT2D eigenvalue weighted by molar-refractivity contribution is 0.0696. The zero-order valence-corrected chi connectivity index (χ0v) is 15.0. The molecule has 1 amide bonds. The number of nitrogens with zero attached hydrogens (tertiary/aromatic N) is 1. The number of aliphatic hydroxyl groups is 1. The van der Waals surface area contributed by atoms with E-state index in [1.54, 1.807) is 17.0 Å². The van der Waals surface area contributed by atoms with Gasteiger partial charge in [-0.1, -0.05) is 28.1 Å². The maximum absolute atomic E-state index is 14.1. The van der Waals surface area contributed by atoms with Crippen LogP contribution in [-0.2, 0) is 0 Å². The third kappa shape index (κ3) is 2.73. The van der Waals surface area contributed by atoms with Gasteiger partial charge in [0.15, 0.2) is 0 Å². The maximum Gasteiger partial charge on any atom is 0.257 e. The molecule has 1 saturated heterocycles. The van der Waals surface area contributed by atoms with E-state index >= 15 is 0 Å². The van der Waals surface area contributed by atoms with Gasteiger partial charge in [-0.05, 0) is 42.3 Å². The smallest absolute Gasteiger partial charge is 0.257 e. The van der Waals surface area contributed by atoms with Crippen LogP contribution >= 0.6 is 15.9 Å². The van der Waals surface area contributed by atoms with Crippen LogP contribution in [-0.4, -0.2) is 35.1 Å². The molecule has 0 radical (unpaired) electrons. The molecule has 130 valence electrons. The van der Waals surface area contributed by atoms with Crippen molar-refractivity contribution in [2.45, 2.75) is 18.5 Å². The molecule has 6 heteroatoms. The zero-order valence-electron chi connectivity index (χ0n) is 13.5. The normalized spacial score (nSPS) is 24.4. The molecular weight excluding hydrogens is 387 g/mol. The number of halogens is 2. The summed E-state index contributed by atoms with van der Waals surface area (Å²) in [5.41, 5.74) is 2.02. The fraction of sp³-hybridized carbons (Fsp3) is 0.316. The number of carbonyl (C=O) groups is 1. The molecule has 2 heterocycles. The third-order valence-electron chi connectivity index (χ3n) is 5.20. The van der Waals surface area contributed by atoms with E-state index in [4.69, 9.17) is 0 Å². The van der Waals surface area contributed by atoms with E-state index in [1.807, 2.05) is 18.2 Å². The van der Waals surface area contributed by atoms with Gasteiger partial charge in [-0.15, -0.1) is 0 Å². The molecule has 2 aliphatic heterocycles. The Hall–Kier alpha value is -1.92. The van der Waals surface area contributed by atoms with Crippen LogP contribution in [0.25, 0.3) is 0 Å². The topological polar surface area (TPSA) is 52.6 Å². The van der Waals surface area contributed by atoms with Crippen LogP contribution in [0.3, 0.4) is 0 Å². The number of anilines is 1. The average Bonchev–Trinajstić information content (AvgIpc) is 3.06. The summed E-state index contributed by atoms with van der Waals surface area (Å²) in [5, 5.41) is 13.1. The largest absolute Gasteiger partial charge is 0.394 e. The highest BCUT2D eigenvalue weighted by molar-refractivity contribution is 9.10. The minimum absolute atomic E-state index is 0.00159. The first-order chi connectivity index (χ1) is 12.1. The van der Waals surface area contributed by atoms with Gasteiger partial charge in [0.2, 0.25) is 0 Å². The molecule has 2 N–H and O–H groups in total. The highest BCUT2D eigenvalue weighted by Crippen LogP contribution is 2.47. The molecule has 0 bridgehead atoms. The zero-order chi connectivity index (χ0) is 17.6. The van der Waals surface area contributed by atoms with Gasteiger partial charge in [-0.2, -0.15) is 0 Å². The Morgan fingerprint density at radius 2 is 2.12 bits per heavy atom.